The second kappa shape index (κ2) is 9.52. The highest BCUT2D eigenvalue weighted by atomic mass is 19.4. The summed E-state index contributed by atoms with van der Waals surface area (Å²) in [6, 6.07) is 0.170. The molecule has 0 aromatic carbocycles. The third kappa shape index (κ3) is 5.12. The van der Waals surface area contributed by atoms with Crippen LogP contribution in [-0.2, 0) is 19.3 Å². The first kappa shape index (κ1) is 23.7. The van der Waals surface area contributed by atoms with Gasteiger partial charge in [0.2, 0.25) is 11.9 Å². The number of anilines is 2. The third-order valence-electron chi connectivity index (χ3n) is 5.84. The predicted octanol–water partition coefficient (Wildman–Crippen LogP) is 1.27. The number of hydrogen-bond acceptors (Lipinski definition) is 11. The van der Waals surface area contributed by atoms with Crippen molar-refractivity contribution in [1.82, 2.24) is 34.8 Å². The van der Waals surface area contributed by atoms with Crippen molar-refractivity contribution in [2.45, 2.75) is 25.3 Å². The highest BCUT2D eigenvalue weighted by Gasteiger charge is 2.32. The van der Waals surface area contributed by atoms with Crippen LogP contribution < -0.4 is 19.9 Å². The molecule has 3 aromatic rings. The van der Waals surface area contributed by atoms with E-state index in [1.54, 1.807) is 17.0 Å². The van der Waals surface area contributed by atoms with Crippen LogP contribution >= 0.6 is 0 Å². The molecule has 0 aliphatic carbocycles. The van der Waals surface area contributed by atoms with Gasteiger partial charge >= 0.3 is 18.0 Å². The number of nitrogens with zero attached hydrogens (tertiary/aromatic N) is 9. The molecule has 2 aliphatic heterocycles. The molecule has 190 valence electrons. The van der Waals surface area contributed by atoms with Crippen molar-refractivity contribution in [1.29, 1.82) is 0 Å². The normalized spacial score (nSPS) is 18.0. The van der Waals surface area contributed by atoms with Crippen molar-refractivity contribution >= 4 is 17.7 Å². The Labute approximate surface area is 202 Å². The van der Waals surface area contributed by atoms with E-state index < -0.39 is 16.7 Å². The molecule has 0 bridgehead atoms. The number of fused-ring (bicyclic) bond motifs is 1. The maximum Gasteiger partial charge on any atom is 0.419 e. The van der Waals surface area contributed by atoms with E-state index in [1.807, 2.05) is 9.80 Å². The molecule has 1 saturated heterocycles. The fourth-order valence-corrected chi connectivity index (χ4v) is 3.91. The van der Waals surface area contributed by atoms with Gasteiger partial charge in [0.25, 0.3) is 0 Å². The van der Waals surface area contributed by atoms with E-state index >= 15 is 0 Å². The number of hydrogen-bond donors (Lipinski definition) is 1. The van der Waals surface area contributed by atoms with Gasteiger partial charge in [-0.1, -0.05) is 0 Å². The summed E-state index contributed by atoms with van der Waals surface area (Å²) < 4.78 is 45.2. The van der Waals surface area contributed by atoms with Gasteiger partial charge < -0.3 is 30.0 Å². The molecule has 5 heterocycles. The van der Waals surface area contributed by atoms with Crippen LogP contribution in [-0.4, -0.2) is 73.2 Å². The molecule has 0 radical (unpaired) electrons. The Balaban J connectivity index is 1.10. The summed E-state index contributed by atoms with van der Waals surface area (Å²) in [6.07, 6.45) is 1.91. The Morgan fingerprint density at radius 2 is 1.61 bits per heavy atom. The maximum absolute atomic E-state index is 12.7. The third-order valence-corrected chi connectivity index (χ3v) is 5.84. The molecule has 16 heteroatoms. The van der Waals surface area contributed by atoms with Gasteiger partial charge in [0.1, 0.15) is 12.8 Å². The minimum absolute atomic E-state index is 0.0634. The summed E-state index contributed by atoms with van der Waals surface area (Å²) in [5.41, 5.74) is -0.0164. The summed E-state index contributed by atoms with van der Waals surface area (Å²) in [7, 11) is 0. The highest BCUT2D eigenvalue weighted by molar-refractivity contribution is 5.38. The number of piperazine rings is 1. The van der Waals surface area contributed by atoms with Crippen LogP contribution in [0, 0.1) is 10.1 Å². The number of rotatable bonds is 6. The second-order valence-corrected chi connectivity index (χ2v) is 8.31. The van der Waals surface area contributed by atoms with Crippen molar-refractivity contribution in [3.05, 3.63) is 52.2 Å². The first-order valence-electron chi connectivity index (χ1n) is 11.0. The van der Waals surface area contributed by atoms with E-state index in [-0.39, 0.29) is 23.8 Å². The summed E-state index contributed by atoms with van der Waals surface area (Å²) in [5, 5.41) is 14.2. The first-order chi connectivity index (χ1) is 17.3. The minimum Gasteiger partial charge on any atom is -0.444 e. The van der Waals surface area contributed by atoms with E-state index in [9.17, 15) is 23.3 Å². The van der Waals surface area contributed by atoms with Crippen LogP contribution in [0.3, 0.4) is 0 Å². The van der Waals surface area contributed by atoms with Gasteiger partial charge in [0, 0.05) is 74.6 Å². The number of imidazole rings is 1. The lowest BCUT2D eigenvalue weighted by atomic mass is 10.2. The van der Waals surface area contributed by atoms with Gasteiger partial charge in [-0.25, -0.2) is 19.9 Å². The van der Waals surface area contributed by atoms with Gasteiger partial charge in [-0.2, -0.15) is 13.2 Å². The van der Waals surface area contributed by atoms with Crippen LogP contribution in [0.4, 0.5) is 30.9 Å². The lowest BCUT2D eigenvalue weighted by Gasteiger charge is -2.34. The molecular weight excluding hydrogens is 485 g/mol. The summed E-state index contributed by atoms with van der Waals surface area (Å²) in [4.78, 5) is 34.5. The van der Waals surface area contributed by atoms with E-state index in [0.29, 0.717) is 51.8 Å². The molecule has 3 aromatic heterocycles. The van der Waals surface area contributed by atoms with Crippen LogP contribution in [0.5, 0.6) is 6.01 Å². The quantitative estimate of drug-likeness (QED) is 0.382. The largest absolute Gasteiger partial charge is 0.444 e. The van der Waals surface area contributed by atoms with Crippen LogP contribution in [0.2, 0.25) is 0 Å². The zero-order valence-corrected chi connectivity index (χ0v) is 18.8. The Hall–Kier alpha value is -4.08. The van der Waals surface area contributed by atoms with E-state index in [4.69, 9.17) is 4.74 Å². The number of alkyl halides is 3. The van der Waals surface area contributed by atoms with Gasteiger partial charge in [-0.15, -0.1) is 0 Å². The number of halogens is 3. The van der Waals surface area contributed by atoms with Crippen molar-refractivity contribution in [3.8, 4) is 6.01 Å². The number of nitro groups is 1. The van der Waals surface area contributed by atoms with Crippen LogP contribution in [0.1, 0.15) is 11.1 Å². The Morgan fingerprint density at radius 1 is 1.03 bits per heavy atom. The summed E-state index contributed by atoms with van der Waals surface area (Å²) in [6.45, 7) is 3.49. The van der Waals surface area contributed by atoms with Crippen molar-refractivity contribution in [3.63, 3.8) is 0 Å². The van der Waals surface area contributed by atoms with Gasteiger partial charge in [-0.05, 0) is 4.92 Å². The molecule has 1 fully saturated rings. The molecule has 2 aliphatic rings. The first-order valence-corrected chi connectivity index (χ1v) is 11.0. The lowest BCUT2D eigenvalue weighted by molar-refractivity contribution is -0.389. The van der Waals surface area contributed by atoms with E-state index in [0.717, 1.165) is 18.0 Å². The van der Waals surface area contributed by atoms with Crippen LogP contribution in [0.25, 0.3) is 0 Å². The Morgan fingerprint density at radius 3 is 2.17 bits per heavy atom. The minimum atomic E-state index is -4.47. The fraction of sp³-hybridized carbons (Fsp3) is 0.450. The zero-order valence-electron chi connectivity index (χ0n) is 18.8. The average Bonchev–Trinajstić information content (AvgIpc) is 3.32. The number of ether oxygens (including phenoxy) is 1. The smallest absolute Gasteiger partial charge is 0.419 e. The van der Waals surface area contributed by atoms with Crippen molar-refractivity contribution in [2.75, 3.05) is 42.6 Å². The molecule has 5 rings (SSSR count). The summed E-state index contributed by atoms with van der Waals surface area (Å²) in [5.74, 6) is 0.569. The van der Waals surface area contributed by atoms with Gasteiger partial charge in [-0.3, -0.25) is 4.57 Å². The van der Waals surface area contributed by atoms with Gasteiger partial charge in [0.05, 0.1) is 11.6 Å². The molecule has 1 atom stereocenters. The summed E-state index contributed by atoms with van der Waals surface area (Å²) >= 11 is 0. The maximum atomic E-state index is 12.7. The highest BCUT2D eigenvalue weighted by Crippen LogP contribution is 2.28. The molecular formula is C20H21F3N10O3. The van der Waals surface area contributed by atoms with E-state index in [1.165, 1.54) is 6.20 Å². The topological polar surface area (TPSA) is 140 Å². The zero-order chi connectivity index (χ0) is 25.3. The number of nitrogens with one attached hydrogen (secondary N) is 1. The Kier molecular flexibility index (Phi) is 6.26. The second-order valence-electron chi connectivity index (χ2n) is 8.31. The average molecular weight is 506 g/mol. The SMILES string of the molecule is O=[N+]([O-])c1cn2c(n1)OCC(NCc1cnc(N3CCN(c4ncc(C(F)(F)F)cn4)CC3)nc1)C2. The van der Waals surface area contributed by atoms with Crippen molar-refractivity contribution in [2.24, 2.45) is 0 Å². The molecule has 0 spiro atoms. The molecule has 0 saturated carbocycles. The molecule has 13 nitrogen and oxygen atoms in total. The number of aromatic nitrogens is 6. The standard InChI is InChI=1S/C20H21F3N10O3/c21-20(22,23)14-8-27-18(28-9-14)31-3-1-30(2-4-31)17-25-6-13(7-26-17)5-24-15-10-32-11-16(33(34)35)29-19(32)36-12-15/h6-9,11,15,24H,1-5,10,12H2. The van der Waals surface area contributed by atoms with Gasteiger partial charge in [0.15, 0.2) is 0 Å². The van der Waals surface area contributed by atoms with E-state index in [2.05, 4.69) is 30.2 Å². The molecule has 0 amide bonds. The molecule has 1 unspecified atom stereocenters. The molecule has 1 N–H and O–H groups in total. The van der Waals surface area contributed by atoms with Crippen LogP contribution in [0.15, 0.2) is 31.0 Å². The Bertz CT molecular complexity index is 1210. The molecule has 36 heavy (non-hydrogen) atoms. The fourth-order valence-electron chi connectivity index (χ4n) is 3.91. The lowest BCUT2D eigenvalue weighted by Crippen LogP contribution is -2.47. The predicted molar refractivity (Wildman–Crippen MR) is 118 cm³/mol. The monoisotopic (exact) mass is 506 g/mol. The van der Waals surface area contributed by atoms with Crippen molar-refractivity contribution < 1.29 is 22.8 Å².